The van der Waals surface area contributed by atoms with E-state index in [1.807, 2.05) is 36.4 Å². The van der Waals surface area contributed by atoms with E-state index in [1.54, 1.807) is 18.3 Å². The van der Waals surface area contributed by atoms with Crippen LogP contribution < -0.4 is 5.32 Å². The second kappa shape index (κ2) is 9.82. The summed E-state index contributed by atoms with van der Waals surface area (Å²) in [4.78, 5) is 41.2. The minimum atomic E-state index is -1.13. The highest BCUT2D eigenvalue weighted by Gasteiger charge is 2.32. The summed E-state index contributed by atoms with van der Waals surface area (Å²) in [6.45, 7) is 1.53. The van der Waals surface area contributed by atoms with Crippen molar-refractivity contribution in [3.8, 4) is 11.1 Å². The fraction of sp³-hybridized carbons (Fsp3) is 0.269. The number of hydrogen-bond acceptors (Lipinski definition) is 4. The van der Waals surface area contributed by atoms with Crippen molar-refractivity contribution in [1.82, 2.24) is 15.2 Å². The highest BCUT2D eigenvalue weighted by atomic mass is 16.5. The standard InChI is InChI=1S/C26H27N3O5/c1-16(25(31)32)29(2)24(30)23(14-17-8-7-13-27-17)28-26(33)34-15-22-20-11-5-3-9-18(20)19-10-4-6-12-21(19)22/h3-13,16,22-23,27H,14-15H2,1-2H3,(H,28,33)(H,31,32). The number of H-pyrrole nitrogens is 1. The molecular formula is C26H27N3O5. The molecule has 2 atom stereocenters. The Labute approximate surface area is 197 Å². The number of aromatic amines is 1. The number of fused-ring (bicyclic) bond motifs is 3. The molecule has 0 aliphatic heterocycles. The lowest BCUT2D eigenvalue weighted by atomic mass is 9.98. The van der Waals surface area contributed by atoms with E-state index in [1.165, 1.54) is 14.0 Å². The maximum atomic E-state index is 13.0. The molecule has 0 saturated carbocycles. The molecule has 176 valence electrons. The summed E-state index contributed by atoms with van der Waals surface area (Å²) in [5.41, 5.74) is 5.15. The molecule has 4 rings (SSSR count). The van der Waals surface area contributed by atoms with Gasteiger partial charge in [-0.15, -0.1) is 0 Å². The van der Waals surface area contributed by atoms with E-state index in [0.29, 0.717) is 0 Å². The van der Waals surface area contributed by atoms with Gasteiger partial charge in [0, 0.05) is 31.3 Å². The molecule has 34 heavy (non-hydrogen) atoms. The van der Waals surface area contributed by atoms with Crippen LogP contribution in [0.25, 0.3) is 11.1 Å². The Balaban J connectivity index is 1.47. The van der Waals surface area contributed by atoms with Gasteiger partial charge in [0.25, 0.3) is 0 Å². The van der Waals surface area contributed by atoms with Gasteiger partial charge in [-0.2, -0.15) is 0 Å². The summed E-state index contributed by atoms with van der Waals surface area (Å²) in [6, 6.07) is 17.6. The van der Waals surface area contributed by atoms with Gasteiger partial charge in [0.15, 0.2) is 0 Å². The summed E-state index contributed by atoms with van der Waals surface area (Å²) < 4.78 is 5.58. The Kier molecular flexibility index (Phi) is 6.67. The summed E-state index contributed by atoms with van der Waals surface area (Å²) >= 11 is 0. The van der Waals surface area contributed by atoms with Crippen molar-refractivity contribution < 1.29 is 24.2 Å². The first-order valence-electron chi connectivity index (χ1n) is 11.1. The topological polar surface area (TPSA) is 112 Å². The number of benzene rings is 2. The van der Waals surface area contributed by atoms with E-state index in [4.69, 9.17) is 4.74 Å². The number of nitrogens with one attached hydrogen (secondary N) is 2. The Morgan fingerprint density at radius 2 is 1.65 bits per heavy atom. The number of hydrogen-bond donors (Lipinski definition) is 3. The molecule has 2 aromatic carbocycles. The van der Waals surface area contributed by atoms with Crippen LogP contribution in [-0.2, 0) is 20.7 Å². The molecule has 8 nitrogen and oxygen atoms in total. The SMILES string of the molecule is CC(C(=O)O)N(C)C(=O)C(Cc1ccc[nH]1)NC(=O)OCC1c2ccccc2-c2ccccc21. The van der Waals surface area contributed by atoms with Crippen LogP contribution in [0.2, 0.25) is 0 Å². The van der Waals surface area contributed by atoms with Crippen molar-refractivity contribution in [3.05, 3.63) is 83.7 Å². The minimum Gasteiger partial charge on any atom is -0.480 e. The molecule has 2 unspecified atom stereocenters. The monoisotopic (exact) mass is 461 g/mol. The zero-order valence-corrected chi connectivity index (χ0v) is 19.0. The van der Waals surface area contributed by atoms with Crippen LogP contribution in [0.1, 0.15) is 29.7 Å². The number of carboxylic acid groups (broad SMARTS) is 1. The zero-order chi connectivity index (χ0) is 24.2. The number of likely N-dealkylation sites (N-methyl/N-ethyl adjacent to an activating group) is 1. The summed E-state index contributed by atoms with van der Waals surface area (Å²) in [5, 5.41) is 11.9. The van der Waals surface area contributed by atoms with Crippen LogP contribution in [0, 0.1) is 0 Å². The molecule has 2 amide bonds. The maximum absolute atomic E-state index is 13.0. The zero-order valence-electron chi connectivity index (χ0n) is 19.0. The number of aliphatic carboxylic acids is 1. The van der Waals surface area contributed by atoms with Gasteiger partial charge < -0.3 is 25.0 Å². The summed E-state index contributed by atoms with van der Waals surface area (Å²) in [6.07, 6.45) is 1.16. The van der Waals surface area contributed by atoms with Crippen LogP contribution in [0.3, 0.4) is 0 Å². The lowest BCUT2D eigenvalue weighted by molar-refractivity contribution is -0.148. The van der Waals surface area contributed by atoms with Crippen LogP contribution >= 0.6 is 0 Å². The molecular weight excluding hydrogens is 434 g/mol. The van der Waals surface area contributed by atoms with Gasteiger partial charge in [-0.25, -0.2) is 9.59 Å². The lowest BCUT2D eigenvalue weighted by Gasteiger charge is -2.27. The van der Waals surface area contributed by atoms with E-state index < -0.39 is 30.1 Å². The fourth-order valence-corrected chi connectivity index (χ4v) is 4.30. The molecule has 0 saturated heterocycles. The quantitative estimate of drug-likeness (QED) is 0.476. The van der Waals surface area contributed by atoms with Crippen molar-refractivity contribution >= 4 is 18.0 Å². The Morgan fingerprint density at radius 3 is 2.21 bits per heavy atom. The van der Waals surface area contributed by atoms with E-state index in [-0.39, 0.29) is 18.9 Å². The number of rotatable bonds is 8. The second-order valence-corrected chi connectivity index (χ2v) is 8.39. The maximum Gasteiger partial charge on any atom is 0.407 e. The number of carbonyl (C=O) groups is 3. The predicted molar refractivity (Wildman–Crippen MR) is 126 cm³/mol. The number of carbonyl (C=O) groups excluding carboxylic acids is 2. The summed E-state index contributed by atoms with van der Waals surface area (Å²) in [5.74, 6) is -1.75. The number of amides is 2. The van der Waals surface area contributed by atoms with Crippen molar-refractivity contribution in [3.63, 3.8) is 0 Å². The summed E-state index contributed by atoms with van der Waals surface area (Å²) in [7, 11) is 1.40. The van der Waals surface area contributed by atoms with E-state index in [2.05, 4.69) is 22.4 Å². The van der Waals surface area contributed by atoms with Gasteiger partial charge in [0.2, 0.25) is 5.91 Å². The minimum absolute atomic E-state index is 0.106. The van der Waals surface area contributed by atoms with Gasteiger partial charge in [-0.05, 0) is 41.3 Å². The van der Waals surface area contributed by atoms with Crippen LogP contribution in [0.5, 0.6) is 0 Å². The number of carboxylic acids is 1. The second-order valence-electron chi connectivity index (χ2n) is 8.39. The number of nitrogens with zero attached hydrogens (tertiary/aromatic N) is 1. The van der Waals surface area contributed by atoms with Crippen LogP contribution in [0.15, 0.2) is 66.9 Å². The van der Waals surface area contributed by atoms with Crippen molar-refractivity contribution in [2.45, 2.75) is 31.3 Å². The molecule has 8 heteroatoms. The molecule has 0 radical (unpaired) electrons. The van der Waals surface area contributed by atoms with Gasteiger partial charge in [-0.1, -0.05) is 48.5 Å². The molecule has 1 aliphatic carbocycles. The molecule has 1 heterocycles. The molecule has 1 aliphatic rings. The Bertz CT molecular complexity index is 1150. The van der Waals surface area contributed by atoms with Gasteiger partial charge in [0.05, 0.1) is 0 Å². The van der Waals surface area contributed by atoms with E-state index in [0.717, 1.165) is 32.8 Å². The molecule has 1 aromatic heterocycles. The number of ether oxygens (including phenoxy) is 1. The molecule has 0 fully saturated rings. The van der Waals surface area contributed by atoms with Crippen molar-refractivity contribution in [2.75, 3.05) is 13.7 Å². The van der Waals surface area contributed by atoms with Crippen LogP contribution in [0.4, 0.5) is 4.79 Å². The van der Waals surface area contributed by atoms with Gasteiger partial charge in [-0.3, -0.25) is 4.79 Å². The third-order valence-electron chi connectivity index (χ3n) is 6.31. The van der Waals surface area contributed by atoms with Crippen molar-refractivity contribution in [1.29, 1.82) is 0 Å². The normalized spacial score (nSPS) is 13.9. The first kappa shape index (κ1) is 23.1. The lowest BCUT2D eigenvalue weighted by Crippen LogP contribution is -2.52. The third-order valence-corrected chi connectivity index (χ3v) is 6.31. The average molecular weight is 462 g/mol. The predicted octanol–water partition coefficient (Wildman–Crippen LogP) is 3.40. The highest BCUT2D eigenvalue weighted by molar-refractivity contribution is 5.89. The largest absolute Gasteiger partial charge is 0.480 e. The first-order valence-corrected chi connectivity index (χ1v) is 11.1. The smallest absolute Gasteiger partial charge is 0.407 e. The Hall–Kier alpha value is -4.07. The fourth-order valence-electron chi connectivity index (χ4n) is 4.30. The molecule has 0 spiro atoms. The first-order chi connectivity index (χ1) is 16.4. The van der Waals surface area contributed by atoms with E-state index >= 15 is 0 Å². The molecule has 0 bridgehead atoms. The highest BCUT2D eigenvalue weighted by Crippen LogP contribution is 2.44. The molecule has 3 N–H and O–H groups in total. The third kappa shape index (κ3) is 4.66. The number of aromatic nitrogens is 1. The van der Waals surface area contributed by atoms with Gasteiger partial charge in [0.1, 0.15) is 18.7 Å². The number of alkyl carbamates (subject to hydrolysis) is 1. The van der Waals surface area contributed by atoms with Crippen LogP contribution in [-0.4, -0.2) is 58.7 Å². The average Bonchev–Trinajstić information content (AvgIpc) is 3.47. The van der Waals surface area contributed by atoms with Crippen molar-refractivity contribution in [2.24, 2.45) is 0 Å². The Morgan fingerprint density at radius 1 is 1.03 bits per heavy atom. The molecule has 3 aromatic rings. The van der Waals surface area contributed by atoms with E-state index in [9.17, 15) is 19.5 Å². The van der Waals surface area contributed by atoms with Gasteiger partial charge >= 0.3 is 12.1 Å².